The van der Waals surface area contributed by atoms with Crippen molar-refractivity contribution in [3.8, 4) is 0 Å². The van der Waals surface area contributed by atoms with Crippen molar-refractivity contribution in [3.05, 3.63) is 81.6 Å². The van der Waals surface area contributed by atoms with Crippen molar-refractivity contribution in [1.29, 1.82) is 0 Å². The third kappa shape index (κ3) is 6.30. The van der Waals surface area contributed by atoms with Gasteiger partial charge in [-0.1, -0.05) is 71.4 Å². The first-order chi connectivity index (χ1) is 14.4. The van der Waals surface area contributed by atoms with Gasteiger partial charge >= 0.3 is 0 Å². The molecule has 0 aliphatic rings. The van der Waals surface area contributed by atoms with E-state index in [-0.39, 0.29) is 5.11 Å². The molecule has 0 saturated carbocycles. The molecular weight excluding hydrogens is 461 g/mol. The van der Waals surface area contributed by atoms with E-state index >= 15 is 0 Å². The van der Waals surface area contributed by atoms with Crippen LogP contribution in [-0.4, -0.2) is 25.9 Å². The number of nitrogens with one attached hydrogen (secondary N) is 2. The van der Waals surface area contributed by atoms with E-state index in [4.69, 9.17) is 35.4 Å². The van der Waals surface area contributed by atoms with Crippen LogP contribution in [0.4, 0.5) is 0 Å². The molecule has 0 bridgehead atoms. The number of hydrogen-bond donors (Lipinski definition) is 2. The van der Waals surface area contributed by atoms with Gasteiger partial charge in [0.1, 0.15) is 5.82 Å². The predicted octanol–water partition coefficient (Wildman–Crippen LogP) is 4.84. The Hall–Kier alpha value is -2.39. The number of thioether (sulfide) groups is 1. The third-order valence-corrected chi connectivity index (χ3v) is 5.59. The molecule has 0 aliphatic heterocycles. The molecule has 0 aliphatic carbocycles. The lowest BCUT2D eigenvalue weighted by Gasteiger charge is -2.12. The highest BCUT2D eigenvalue weighted by Crippen LogP contribution is 2.22. The number of carbonyl (C=O) groups is 1. The second-order valence-corrected chi connectivity index (χ2v) is 8.26. The number of halogens is 2. The molecule has 1 amide bonds. The van der Waals surface area contributed by atoms with Crippen molar-refractivity contribution in [2.45, 2.75) is 17.8 Å². The lowest BCUT2D eigenvalue weighted by Crippen LogP contribution is -2.37. The van der Waals surface area contributed by atoms with Crippen LogP contribution in [0.25, 0.3) is 6.08 Å². The molecule has 0 saturated heterocycles. The molecule has 0 spiro atoms. The minimum Gasteiger partial charge on any atom is -0.298 e. The quantitative estimate of drug-likeness (QED) is 0.300. The van der Waals surface area contributed by atoms with Crippen LogP contribution in [0.15, 0.2) is 59.8 Å². The number of hydrogen-bond acceptors (Lipinski definition) is 5. The number of aryl methyl sites for hydroxylation is 1. The molecule has 0 atom stereocenters. The fraction of sp³-hybridized carbons (Fsp3) is 0.100. The Morgan fingerprint density at radius 2 is 1.97 bits per heavy atom. The van der Waals surface area contributed by atoms with Crippen molar-refractivity contribution in [2.24, 2.45) is 0 Å². The summed E-state index contributed by atoms with van der Waals surface area (Å²) in [5.41, 5.74) is 4.77. The standard InChI is InChI=1S/C20H17Cl2N5OS2/c1-13-24-25-20(30-12-14-5-3-2-4-6-14)27(13)26-19(29)23-18(28)10-8-15-7-9-16(21)11-17(15)22/h2-11H,12H2,1H3,(H2,23,26,28,29)/b10-8+. The molecule has 0 unspecified atom stereocenters. The van der Waals surface area contributed by atoms with E-state index in [1.54, 1.807) is 35.9 Å². The van der Waals surface area contributed by atoms with Gasteiger partial charge in [0.2, 0.25) is 11.1 Å². The van der Waals surface area contributed by atoms with Gasteiger partial charge in [-0.3, -0.25) is 15.5 Å². The molecule has 10 heteroatoms. The summed E-state index contributed by atoms with van der Waals surface area (Å²) in [4.78, 5) is 12.2. The number of carbonyl (C=O) groups excluding carboxylic acids is 1. The van der Waals surface area contributed by atoms with Crippen LogP contribution in [-0.2, 0) is 10.5 Å². The number of rotatable bonds is 6. The SMILES string of the molecule is Cc1nnc(SCc2ccccc2)n1NC(=S)NC(=O)/C=C/c1ccc(Cl)cc1Cl. The number of amides is 1. The van der Waals surface area contributed by atoms with Crippen LogP contribution < -0.4 is 10.7 Å². The van der Waals surface area contributed by atoms with Crippen LogP contribution >= 0.6 is 47.2 Å². The molecule has 1 heterocycles. The van der Waals surface area contributed by atoms with Crippen LogP contribution in [0.1, 0.15) is 17.0 Å². The number of thiocarbonyl (C=S) groups is 1. The Kier molecular flexibility index (Phi) is 7.87. The van der Waals surface area contributed by atoms with Gasteiger partial charge in [0, 0.05) is 21.9 Å². The number of nitrogens with zero attached hydrogens (tertiary/aromatic N) is 3. The lowest BCUT2D eigenvalue weighted by molar-refractivity contribution is -0.115. The summed E-state index contributed by atoms with van der Waals surface area (Å²) in [5, 5.41) is 12.6. The Morgan fingerprint density at radius 3 is 2.70 bits per heavy atom. The summed E-state index contributed by atoms with van der Waals surface area (Å²) < 4.78 is 1.63. The maximum absolute atomic E-state index is 12.2. The normalized spacial score (nSPS) is 10.9. The van der Waals surface area contributed by atoms with Crippen molar-refractivity contribution in [3.63, 3.8) is 0 Å². The van der Waals surface area contributed by atoms with Crippen LogP contribution in [0.3, 0.4) is 0 Å². The molecule has 6 nitrogen and oxygen atoms in total. The van der Waals surface area contributed by atoms with Gasteiger partial charge in [-0.25, -0.2) is 4.68 Å². The highest BCUT2D eigenvalue weighted by molar-refractivity contribution is 7.98. The van der Waals surface area contributed by atoms with Gasteiger partial charge in [0.05, 0.1) is 0 Å². The fourth-order valence-electron chi connectivity index (χ4n) is 2.37. The molecule has 2 N–H and O–H groups in total. The maximum Gasteiger partial charge on any atom is 0.250 e. The van der Waals surface area contributed by atoms with Gasteiger partial charge in [-0.2, -0.15) is 0 Å². The van der Waals surface area contributed by atoms with E-state index in [1.807, 2.05) is 30.3 Å². The summed E-state index contributed by atoms with van der Waals surface area (Å²) in [7, 11) is 0. The number of aromatic nitrogens is 3. The van der Waals surface area contributed by atoms with Gasteiger partial charge in [-0.15, -0.1) is 10.2 Å². The summed E-state index contributed by atoms with van der Waals surface area (Å²) >= 11 is 18.7. The molecule has 3 rings (SSSR count). The highest BCUT2D eigenvalue weighted by atomic mass is 35.5. The second-order valence-electron chi connectivity index (χ2n) is 6.07. The molecular formula is C20H17Cl2N5OS2. The van der Waals surface area contributed by atoms with Crippen LogP contribution in [0.5, 0.6) is 0 Å². The van der Waals surface area contributed by atoms with Crippen LogP contribution in [0.2, 0.25) is 10.0 Å². The lowest BCUT2D eigenvalue weighted by atomic mass is 10.2. The Bertz CT molecular complexity index is 1090. The van der Waals surface area contributed by atoms with E-state index in [0.717, 1.165) is 11.3 Å². The molecule has 2 aromatic carbocycles. The predicted molar refractivity (Wildman–Crippen MR) is 126 cm³/mol. The first-order valence-corrected chi connectivity index (χ1v) is 10.9. The number of benzene rings is 2. The van der Waals surface area contributed by atoms with E-state index < -0.39 is 5.91 Å². The monoisotopic (exact) mass is 477 g/mol. The molecule has 0 radical (unpaired) electrons. The zero-order valence-electron chi connectivity index (χ0n) is 15.8. The molecule has 0 fully saturated rings. The van der Waals surface area contributed by atoms with Gasteiger partial charge in [0.25, 0.3) is 0 Å². The largest absolute Gasteiger partial charge is 0.298 e. The smallest absolute Gasteiger partial charge is 0.250 e. The average Bonchev–Trinajstić information content (AvgIpc) is 3.06. The van der Waals surface area contributed by atoms with Gasteiger partial charge in [-0.05, 0) is 48.5 Å². The Balaban J connectivity index is 1.58. The maximum atomic E-state index is 12.2. The Morgan fingerprint density at radius 1 is 1.20 bits per heavy atom. The molecule has 1 aromatic heterocycles. The van der Waals surface area contributed by atoms with E-state index in [1.165, 1.54) is 17.8 Å². The second kappa shape index (κ2) is 10.6. The van der Waals surface area contributed by atoms with Gasteiger partial charge in [0.15, 0.2) is 5.11 Å². The fourth-order valence-corrected chi connectivity index (χ4v) is 3.93. The molecule has 30 heavy (non-hydrogen) atoms. The zero-order chi connectivity index (χ0) is 21.5. The van der Waals surface area contributed by atoms with Crippen molar-refractivity contribution in [2.75, 3.05) is 5.43 Å². The first-order valence-electron chi connectivity index (χ1n) is 8.76. The van der Waals surface area contributed by atoms with Crippen molar-refractivity contribution < 1.29 is 4.79 Å². The summed E-state index contributed by atoms with van der Waals surface area (Å²) in [6.45, 7) is 1.79. The van der Waals surface area contributed by atoms with E-state index in [2.05, 4.69) is 20.9 Å². The van der Waals surface area contributed by atoms with E-state index in [9.17, 15) is 4.79 Å². The summed E-state index contributed by atoms with van der Waals surface area (Å²) in [5.74, 6) is 0.943. The summed E-state index contributed by atoms with van der Waals surface area (Å²) in [6.07, 6.45) is 2.93. The van der Waals surface area contributed by atoms with Gasteiger partial charge < -0.3 is 0 Å². The third-order valence-electron chi connectivity index (χ3n) is 3.83. The van der Waals surface area contributed by atoms with Crippen molar-refractivity contribution >= 4 is 64.3 Å². The zero-order valence-corrected chi connectivity index (χ0v) is 18.9. The first kappa shape index (κ1) is 22.3. The van der Waals surface area contributed by atoms with Crippen LogP contribution in [0, 0.1) is 6.92 Å². The highest BCUT2D eigenvalue weighted by Gasteiger charge is 2.12. The average molecular weight is 478 g/mol. The molecule has 154 valence electrons. The Labute approximate surface area is 193 Å². The minimum absolute atomic E-state index is 0.122. The topological polar surface area (TPSA) is 71.8 Å². The summed E-state index contributed by atoms with van der Waals surface area (Å²) in [6, 6.07) is 15.0. The molecule has 3 aromatic rings. The minimum atomic E-state index is -0.400. The van der Waals surface area contributed by atoms with E-state index in [0.29, 0.717) is 26.6 Å². The van der Waals surface area contributed by atoms with Crippen molar-refractivity contribution in [1.82, 2.24) is 20.2 Å².